The van der Waals surface area contributed by atoms with Gasteiger partial charge in [-0.2, -0.15) is 0 Å². The second-order valence-corrected chi connectivity index (χ2v) is 5.60. The lowest BCUT2D eigenvalue weighted by molar-refractivity contribution is 0.0600. The summed E-state index contributed by atoms with van der Waals surface area (Å²) in [5, 5.41) is 5.15. The zero-order chi connectivity index (χ0) is 18.8. The van der Waals surface area contributed by atoms with Gasteiger partial charge < -0.3 is 25.0 Å². The van der Waals surface area contributed by atoms with Crippen LogP contribution in [0.3, 0.4) is 0 Å². The standard InChI is InChI=1S/C17H25N3O5/c1-18-15(21)14-7-6-12(16(22)24-4)10-13(14)11-25-17(23)19-8-5-9-20(2)3/h6-7,10H,5,8-9,11H2,1-4H3,(H,18,21)(H,19,23). The summed E-state index contributed by atoms with van der Waals surface area (Å²) in [5.41, 5.74) is 1.03. The highest BCUT2D eigenvalue weighted by Gasteiger charge is 2.15. The average molecular weight is 351 g/mol. The van der Waals surface area contributed by atoms with E-state index in [0.29, 0.717) is 17.7 Å². The van der Waals surface area contributed by atoms with Crippen molar-refractivity contribution < 1.29 is 23.9 Å². The van der Waals surface area contributed by atoms with Gasteiger partial charge in [0.2, 0.25) is 0 Å². The van der Waals surface area contributed by atoms with Crippen LogP contribution in [0.4, 0.5) is 4.79 Å². The normalized spacial score (nSPS) is 10.3. The number of hydrogen-bond acceptors (Lipinski definition) is 6. The van der Waals surface area contributed by atoms with Crippen molar-refractivity contribution in [2.45, 2.75) is 13.0 Å². The number of nitrogens with zero attached hydrogens (tertiary/aromatic N) is 1. The third-order valence-electron chi connectivity index (χ3n) is 3.41. The molecule has 0 saturated carbocycles. The van der Waals surface area contributed by atoms with Gasteiger partial charge in [-0.05, 0) is 45.3 Å². The topological polar surface area (TPSA) is 97.0 Å². The fourth-order valence-corrected chi connectivity index (χ4v) is 2.09. The van der Waals surface area contributed by atoms with Gasteiger partial charge in [-0.15, -0.1) is 0 Å². The summed E-state index contributed by atoms with van der Waals surface area (Å²) in [4.78, 5) is 37.3. The highest BCUT2D eigenvalue weighted by atomic mass is 16.5. The first-order chi connectivity index (χ1) is 11.9. The van der Waals surface area contributed by atoms with Crippen molar-refractivity contribution in [2.24, 2.45) is 0 Å². The maximum Gasteiger partial charge on any atom is 0.407 e. The van der Waals surface area contributed by atoms with Crippen LogP contribution in [-0.2, 0) is 16.1 Å². The SMILES string of the molecule is CNC(=O)c1ccc(C(=O)OC)cc1COC(=O)NCCCN(C)C. The number of benzene rings is 1. The van der Waals surface area contributed by atoms with E-state index in [1.165, 1.54) is 32.4 Å². The molecule has 0 aliphatic rings. The fraction of sp³-hybridized carbons (Fsp3) is 0.471. The maximum absolute atomic E-state index is 11.9. The minimum atomic E-state index is -0.579. The van der Waals surface area contributed by atoms with E-state index in [2.05, 4.69) is 15.4 Å². The maximum atomic E-state index is 11.9. The second-order valence-electron chi connectivity index (χ2n) is 5.60. The molecule has 0 saturated heterocycles. The first-order valence-corrected chi connectivity index (χ1v) is 7.87. The van der Waals surface area contributed by atoms with Crippen molar-refractivity contribution >= 4 is 18.0 Å². The largest absolute Gasteiger partial charge is 0.465 e. The number of carbonyl (C=O) groups is 3. The van der Waals surface area contributed by atoms with Gasteiger partial charge >= 0.3 is 12.1 Å². The van der Waals surface area contributed by atoms with Crippen LogP contribution in [0.1, 0.15) is 32.7 Å². The molecule has 0 aliphatic carbocycles. The molecule has 2 amide bonds. The van der Waals surface area contributed by atoms with Gasteiger partial charge in [-0.3, -0.25) is 4.79 Å². The van der Waals surface area contributed by atoms with Crippen LogP contribution in [0.2, 0.25) is 0 Å². The van der Waals surface area contributed by atoms with Crippen LogP contribution in [0.15, 0.2) is 18.2 Å². The van der Waals surface area contributed by atoms with E-state index in [1.807, 2.05) is 19.0 Å². The molecule has 138 valence electrons. The van der Waals surface area contributed by atoms with Crippen LogP contribution >= 0.6 is 0 Å². The Balaban J connectivity index is 2.72. The Kier molecular flexibility index (Phi) is 8.42. The van der Waals surface area contributed by atoms with Crippen molar-refractivity contribution in [3.05, 3.63) is 34.9 Å². The van der Waals surface area contributed by atoms with E-state index >= 15 is 0 Å². The summed E-state index contributed by atoms with van der Waals surface area (Å²) in [6.07, 6.45) is 0.216. The lowest BCUT2D eigenvalue weighted by Crippen LogP contribution is -2.28. The number of rotatable bonds is 8. The second kappa shape index (κ2) is 10.3. The highest BCUT2D eigenvalue weighted by Crippen LogP contribution is 2.15. The molecule has 0 heterocycles. The van der Waals surface area contributed by atoms with Gasteiger partial charge in [0.25, 0.3) is 5.91 Å². The summed E-state index contributed by atoms with van der Waals surface area (Å²) in [6.45, 7) is 1.21. The van der Waals surface area contributed by atoms with E-state index in [1.54, 1.807) is 0 Å². The molecule has 1 rings (SSSR count). The molecule has 0 aliphatic heterocycles. The molecule has 0 unspecified atom stereocenters. The van der Waals surface area contributed by atoms with Crippen LogP contribution in [0, 0.1) is 0 Å². The van der Waals surface area contributed by atoms with Crippen LogP contribution < -0.4 is 10.6 Å². The van der Waals surface area contributed by atoms with Gasteiger partial charge in [0.15, 0.2) is 0 Å². The molecular formula is C17H25N3O5. The minimum Gasteiger partial charge on any atom is -0.465 e. The van der Waals surface area contributed by atoms with E-state index in [9.17, 15) is 14.4 Å². The van der Waals surface area contributed by atoms with Gasteiger partial charge in [-0.1, -0.05) is 0 Å². The Morgan fingerprint density at radius 1 is 1.20 bits per heavy atom. The molecule has 8 heteroatoms. The van der Waals surface area contributed by atoms with Crippen molar-refractivity contribution in [1.82, 2.24) is 15.5 Å². The predicted octanol–water partition coefficient (Wildman–Crippen LogP) is 1.01. The quantitative estimate of drug-likeness (QED) is 0.536. The Bertz CT molecular complexity index is 616. The summed E-state index contributed by atoms with van der Waals surface area (Å²) < 4.78 is 9.81. The molecule has 0 bridgehead atoms. The van der Waals surface area contributed by atoms with Gasteiger partial charge in [0, 0.05) is 24.7 Å². The lowest BCUT2D eigenvalue weighted by Gasteiger charge is -2.12. The van der Waals surface area contributed by atoms with Crippen molar-refractivity contribution in [1.29, 1.82) is 0 Å². The van der Waals surface area contributed by atoms with E-state index in [4.69, 9.17) is 4.74 Å². The number of nitrogens with one attached hydrogen (secondary N) is 2. The Labute approximate surface area is 147 Å². The van der Waals surface area contributed by atoms with Gasteiger partial charge in [0.05, 0.1) is 12.7 Å². The van der Waals surface area contributed by atoms with Gasteiger partial charge in [-0.25, -0.2) is 9.59 Å². The van der Waals surface area contributed by atoms with Crippen LogP contribution in [-0.4, -0.2) is 64.2 Å². The summed E-state index contributed by atoms with van der Waals surface area (Å²) >= 11 is 0. The molecule has 0 spiro atoms. The number of alkyl carbamates (subject to hydrolysis) is 1. The number of esters is 1. The fourth-order valence-electron chi connectivity index (χ4n) is 2.09. The monoisotopic (exact) mass is 351 g/mol. The van der Waals surface area contributed by atoms with Crippen LogP contribution in [0.5, 0.6) is 0 Å². The molecule has 1 aromatic carbocycles. The molecule has 0 atom stereocenters. The van der Waals surface area contributed by atoms with Crippen molar-refractivity contribution in [3.63, 3.8) is 0 Å². The number of ether oxygens (including phenoxy) is 2. The predicted molar refractivity (Wildman–Crippen MR) is 92.5 cm³/mol. The Hall–Kier alpha value is -2.61. The summed E-state index contributed by atoms with van der Waals surface area (Å²) in [6, 6.07) is 4.47. The summed E-state index contributed by atoms with van der Waals surface area (Å²) in [5.74, 6) is -0.862. The van der Waals surface area contributed by atoms with E-state index in [-0.39, 0.29) is 18.1 Å². The van der Waals surface area contributed by atoms with E-state index in [0.717, 1.165) is 13.0 Å². The number of amides is 2. The van der Waals surface area contributed by atoms with E-state index < -0.39 is 12.1 Å². The molecule has 0 radical (unpaired) electrons. The number of methoxy groups -OCH3 is 1. The van der Waals surface area contributed by atoms with Gasteiger partial charge in [0.1, 0.15) is 6.61 Å². The molecule has 25 heavy (non-hydrogen) atoms. The zero-order valence-electron chi connectivity index (χ0n) is 15.0. The lowest BCUT2D eigenvalue weighted by atomic mass is 10.0. The highest BCUT2D eigenvalue weighted by molar-refractivity contribution is 5.97. The van der Waals surface area contributed by atoms with Crippen molar-refractivity contribution in [3.8, 4) is 0 Å². The van der Waals surface area contributed by atoms with Crippen LogP contribution in [0.25, 0.3) is 0 Å². The summed E-state index contributed by atoms with van der Waals surface area (Å²) in [7, 11) is 6.67. The Morgan fingerprint density at radius 2 is 1.92 bits per heavy atom. The minimum absolute atomic E-state index is 0.132. The molecule has 1 aromatic rings. The first-order valence-electron chi connectivity index (χ1n) is 7.87. The molecule has 2 N–H and O–H groups in total. The van der Waals surface area contributed by atoms with Crippen molar-refractivity contribution in [2.75, 3.05) is 41.3 Å². The third kappa shape index (κ3) is 6.80. The molecular weight excluding hydrogens is 326 g/mol. The number of hydrogen-bond donors (Lipinski definition) is 2. The number of carbonyl (C=O) groups excluding carboxylic acids is 3. The molecule has 8 nitrogen and oxygen atoms in total. The average Bonchev–Trinajstić information content (AvgIpc) is 2.61. The Morgan fingerprint density at radius 3 is 2.52 bits per heavy atom. The zero-order valence-corrected chi connectivity index (χ0v) is 15.0. The first kappa shape index (κ1) is 20.4. The molecule has 0 fully saturated rings. The smallest absolute Gasteiger partial charge is 0.407 e. The molecule has 0 aromatic heterocycles. The third-order valence-corrected chi connectivity index (χ3v) is 3.41.